The summed E-state index contributed by atoms with van der Waals surface area (Å²) in [5.41, 5.74) is 0. The molecule has 0 atom stereocenters. The van der Waals surface area contributed by atoms with Gasteiger partial charge in [-0.05, 0) is 75.0 Å². The van der Waals surface area contributed by atoms with Gasteiger partial charge in [0.05, 0.1) is 0 Å². The fraction of sp³-hybridized carbons (Fsp3) is 1.00. The van der Waals surface area contributed by atoms with E-state index in [0.717, 1.165) is 35.8 Å². The molecule has 148 valence electrons. The lowest BCUT2D eigenvalue weighted by molar-refractivity contribution is 0.241. The van der Waals surface area contributed by atoms with Crippen LogP contribution in [0.2, 0.25) is 0 Å². The molecule has 0 radical (unpaired) electrons. The maximum absolute atomic E-state index is 3.90. The van der Waals surface area contributed by atoms with Crippen molar-refractivity contribution in [1.82, 2.24) is 5.32 Å². The minimum atomic E-state index is 0.847. The van der Waals surface area contributed by atoms with E-state index < -0.39 is 0 Å². The zero-order chi connectivity index (χ0) is 18.1. The molecule has 25 heavy (non-hydrogen) atoms. The maximum atomic E-state index is 3.90. The predicted molar refractivity (Wildman–Crippen MR) is 112 cm³/mol. The smallest absolute Gasteiger partial charge is 0.00698 e. The molecule has 3 aliphatic rings. The van der Waals surface area contributed by atoms with Crippen molar-refractivity contribution in [3.8, 4) is 0 Å². The summed E-state index contributed by atoms with van der Waals surface area (Å²) < 4.78 is 0. The lowest BCUT2D eigenvalue weighted by Crippen LogP contribution is -2.41. The van der Waals surface area contributed by atoms with Gasteiger partial charge in [-0.1, -0.05) is 66.2 Å². The Hall–Kier alpha value is -0.0400. The fourth-order valence-electron chi connectivity index (χ4n) is 5.21. The van der Waals surface area contributed by atoms with Gasteiger partial charge in [-0.2, -0.15) is 0 Å². The Labute approximate surface area is 159 Å². The van der Waals surface area contributed by atoms with Crippen LogP contribution in [0.15, 0.2) is 0 Å². The Kier molecular flexibility index (Phi) is 9.89. The first-order valence-corrected chi connectivity index (χ1v) is 11.8. The van der Waals surface area contributed by atoms with Gasteiger partial charge in [-0.25, -0.2) is 0 Å². The molecular formula is C24H47N. The van der Waals surface area contributed by atoms with Crippen LogP contribution in [0.4, 0.5) is 0 Å². The Morgan fingerprint density at radius 3 is 1.28 bits per heavy atom. The lowest BCUT2D eigenvalue weighted by atomic mass is 9.81. The van der Waals surface area contributed by atoms with Crippen LogP contribution in [0, 0.1) is 23.7 Å². The van der Waals surface area contributed by atoms with E-state index in [1.54, 1.807) is 0 Å². The second-order valence-corrected chi connectivity index (χ2v) is 9.99. The molecule has 0 unspecified atom stereocenters. The molecular weight excluding hydrogens is 302 g/mol. The van der Waals surface area contributed by atoms with E-state index in [2.05, 4.69) is 33.0 Å². The van der Waals surface area contributed by atoms with Crippen molar-refractivity contribution in [2.45, 2.75) is 130 Å². The van der Waals surface area contributed by atoms with Gasteiger partial charge < -0.3 is 5.32 Å². The third-order valence-electron chi connectivity index (χ3n) is 7.34. The summed E-state index contributed by atoms with van der Waals surface area (Å²) in [6, 6.07) is 1.69. The standard InChI is InChI=1S/C14H27N.C10H20/c1-11-3-7-13(8-4-11)15-14-9-5-12(2)6-10-14;1-3-4-10-7-5-9(2)6-8-10/h11-15H,3-10H2,1-2H3;9-10H,3-8H2,1-2H3. The van der Waals surface area contributed by atoms with Gasteiger partial charge in [-0.3, -0.25) is 0 Å². The molecule has 3 aliphatic carbocycles. The Bertz CT molecular complexity index is 295. The summed E-state index contributed by atoms with van der Waals surface area (Å²) in [6.45, 7) is 9.50. The largest absolute Gasteiger partial charge is 0.311 e. The minimum absolute atomic E-state index is 0.847. The molecule has 0 amide bonds. The van der Waals surface area contributed by atoms with Crippen molar-refractivity contribution in [3.63, 3.8) is 0 Å². The van der Waals surface area contributed by atoms with Gasteiger partial charge in [0.1, 0.15) is 0 Å². The summed E-state index contributed by atoms with van der Waals surface area (Å²) in [6.07, 6.45) is 20.3. The van der Waals surface area contributed by atoms with Gasteiger partial charge in [-0.15, -0.1) is 0 Å². The highest BCUT2D eigenvalue weighted by Gasteiger charge is 2.23. The molecule has 0 saturated heterocycles. The first kappa shape index (κ1) is 21.3. The number of hydrogen-bond donors (Lipinski definition) is 1. The molecule has 0 heterocycles. The highest BCUT2D eigenvalue weighted by molar-refractivity contribution is 4.82. The average molecular weight is 350 g/mol. The van der Waals surface area contributed by atoms with E-state index in [1.165, 1.54) is 89.9 Å². The Morgan fingerprint density at radius 1 is 0.560 bits per heavy atom. The maximum Gasteiger partial charge on any atom is 0.00698 e. The summed E-state index contributed by atoms with van der Waals surface area (Å²) in [5.74, 6) is 4.07. The molecule has 0 aromatic heterocycles. The second-order valence-electron chi connectivity index (χ2n) is 9.99. The topological polar surface area (TPSA) is 12.0 Å². The monoisotopic (exact) mass is 349 g/mol. The predicted octanol–water partition coefficient (Wildman–Crippen LogP) is 7.35. The second kappa shape index (κ2) is 11.6. The third-order valence-corrected chi connectivity index (χ3v) is 7.34. The molecule has 3 saturated carbocycles. The minimum Gasteiger partial charge on any atom is -0.311 e. The molecule has 0 aromatic carbocycles. The number of hydrogen-bond acceptors (Lipinski definition) is 1. The molecule has 0 aliphatic heterocycles. The molecule has 3 rings (SSSR count). The van der Waals surface area contributed by atoms with Crippen LogP contribution in [0.3, 0.4) is 0 Å². The number of nitrogens with one attached hydrogen (secondary N) is 1. The lowest BCUT2D eigenvalue weighted by Gasteiger charge is -2.34. The van der Waals surface area contributed by atoms with Crippen molar-refractivity contribution >= 4 is 0 Å². The average Bonchev–Trinajstić information content (AvgIpc) is 2.62. The van der Waals surface area contributed by atoms with Gasteiger partial charge in [0, 0.05) is 12.1 Å². The zero-order valence-corrected chi connectivity index (χ0v) is 17.9. The normalized spacial score (nSPS) is 39.4. The van der Waals surface area contributed by atoms with Crippen LogP contribution >= 0.6 is 0 Å². The van der Waals surface area contributed by atoms with Crippen molar-refractivity contribution in [3.05, 3.63) is 0 Å². The zero-order valence-electron chi connectivity index (χ0n) is 17.9. The van der Waals surface area contributed by atoms with Crippen molar-refractivity contribution < 1.29 is 0 Å². The van der Waals surface area contributed by atoms with Gasteiger partial charge >= 0.3 is 0 Å². The summed E-state index contributed by atoms with van der Waals surface area (Å²) in [4.78, 5) is 0. The number of rotatable bonds is 4. The molecule has 0 spiro atoms. The summed E-state index contributed by atoms with van der Waals surface area (Å²) >= 11 is 0. The molecule has 3 fully saturated rings. The van der Waals surface area contributed by atoms with E-state index in [-0.39, 0.29) is 0 Å². The van der Waals surface area contributed by atoms with Crippen molar-refractivity contribution in [2.75, 3.05) is 0 Å². The van der Waals surface area contributed by atoms with Gasteiger partial charge in [0.2, 0.25) is 0 Å². The van der Waals surface area contributed by atoms with Crippen molar-refractivity contribution in [2.24, 2.45) is 23.7 Å². The SMILES string of the molecule is CC1CCC(NC2CCC(C)CC2)CC1.CCCC1CCC(C)CC1. The molecule has 1 nitrogen and oxygen atoms in total. The van der Waals surface area contributed by atoms with Crippen LogP contribution < -0.4 is 5.32 Å². The highest BCUT2D eigenvalue weighted by Crippen LogP contribution is 2.31. The molecule has 0 aromatic rings. The van der Waals surface area contributed by atoms with E-state index in [1.807, 2.05) is 0 Å². The van der Waals surface area contributed by atoms with Gasteiger partial charge in [0.25, 0.3) is 0 Å². The van der Waals surface area contributed by atoms with Crippen LogP contribution in [-0.2, 0) is 0 Å². The summed E-state index contributed by atoms with van der Waals surface area (Å²) in [5, 5.41) is 3.90. The molecule has 0 bridgehead atoms. The fourth-order valence-corrected chi connectivity index (χ4v) is 5.21. The van der Waals surface area contributed by atoms with E-state index >= 15 is 0 Å². The van der Waals surface area contributed by atoms with Crippen LogP contribution in [-0.4, -0.2) is 12.1 Å². The van der Waals surface area contributed by atoms with Crippen LogP contribution in [0.1, 0.15) is 118 Å². The summed E-state index contributed by atoms with van der Waals surface area (Å²) in [7, 11) is 0. The van der Waals surface area contributed by atoms with E-state index in [9.17, 15) is 0 Å². The Balaban J connectivity index is 0.000000196. The van der Waals surface area contributed by atoms with Crippen molar-refractivity contribution in [1.29, 1.82) is 0 Å². The third kappa shape index (κ3) is 8.46. The molecule has 1 heteroatoms. The van der Waals surface area contributed by atoms with Crippen LogP contribution in [0.25, 0.3) is 0 Å². The van der Waals surface area contributed by atoms with Crippen LogP contribution in [0.5, 0.6) is 0 Å². The highest BCUT2D eigenvalue weighted by atomic mass is 15.0. The Morgan fingerprint density at radius 2 is 0.920 bits per heavy atom. The quantitative estimate of drug-likeness (QED) is 0.559. The van der Waals surface area contributed by atoms with E-state index in [0.29, 0.717) is 0 Å². The first-order valence-electron chi connectivity index (χ1n) is 11.8. The first-order chi connectivity index (χ1) is 12.1. The van der Waals surface area contributed by atoms with E-state index in [4.69, 9.17) is 0 Å². The van der Waals surface area contributed by atoms with Gasteiger partial charge in [0.15, 0.2) is 0 Å². The molecule has 1 N–H and O–H groups in total.